The van der Waals surface area contributed by atoms with Crippen molar-refractivity contribution >= 4 is 27.7 Å². The molecular formula is C21H33N5O6S. The number of carbonyl (C=O) groups excluding carboxylic acids is 1. The normalized spacial score (nSPS) is 19.8. The average Bonchev–Trinajstić information content (AvgIpc) is 3.12. The minimum absolute atomic E-state index is 0.112. The van der Waals surface area contributed by atoms with Gasteiger partial charge in [-0.3, -0.25) is 13.5 Å². The van der Waals surface area contributed by atoms with Crippen LogP contribution in [0.3, 0.4) is 0 Å². The van der Waals surface area contributed by atoms with E-state index in [9.17, 15) is 18.0 Å². The molecule has 2 aromatic rings. The van der Waals surface area contributed by atoms with Crippen molar-refractivity contribution < 1.29 is 22.1 Å². The van der Waals surface area contributed by atoms with Crippen molar-refractivity contribution in [3.63, 3.8) is 0 Å². The monoisotopic (exact) mass is 483 g/mol. The fraction of sp³-hybridized carbons (Fsp3) is 0.667. The summed E-state index contributed by atoms with van der Waals surface area (Å²) >= 11 is 0. The van der Waals surface area contributed by atoms with Gasteiger partial charge in [-0.05, 0) is 34.1 Å². The lowest BCUT2D eigenvalue weighted by Gasteiger charge is -2.46. The number of aromatic nitrogens is 3. The summed E-state index contributed by atoms with van der Waals surface area (Å²) in [6.07, 6.45) is 1.33. The molecule has 3 rings (SSSR count). The molecule has 1 saturated heterocycles. The van der Waals surface area contributed by atoms with Crippen LogP contribution < -0.4 is 10.5 Å². The first-order chi connectivity index (χ1) is 15.2. The maximum atomic E-state index is 12.8. The number of rotatable bonds is 5. The number of aryl methyl sites for hydroxylation is 1. The minimum atomic E-state index is -3.63. The summed E-state index contributed by atoms with van der Waals surface area (Å²) in [5.74, 6) is 0.577. The van der Waals surface area contributed by atoms with Crippen molar-refractivity contribution in [1.82, 2.24) is 19.1 Å². The highest BCUT2D eigenvalue weighted by Gasteiger charge is 2.37. The number of ether oxygens (including phenoxy) is 1. The molecule has 0 aliphatic carbocycles. The van der Waals surface area contributed by atoms with Crippen LogP contribution in [-0.4, -0.2) is 70.6 Å². The first-order valence-corrected chi connectivity index (χ1v) is 12.7. The third-order valence-corrected chi connectivity index (χ3v) is 6.09. The molecule has 2 aromatic heterocycles. The number of hydrogen-bond acceptors (Lipinski definition) is 8. The van der Waals surface area contributed by atoms with E-state index in [1.165, 1.54) is 10.6 Å². The quantitative estimate of drug-likeness (QED) is 0.591. The Hall–Kier alpha value is -2.60. The number of piperazine rings is 1. The van der Waals surface area contributed by atoms with Crippen LogP contribution in [0.1, 0.15) is 46.7 Å². The van der Waals surface area contributed by atoms with Crippen LogP contribution in [0, 0.1) is 0 Å². The Labute approximate surface area is 194 Å². The van der Waals surface area contributed by atoms with E-state index in [0.717, 1.165) is 6.26 Å². The number of anilines is 1. The second kappa shape index (κ2) is 8.98. The molecule has 12 heteroatoms. The van der Waals surface area contributed by atoms with Crippen molar-refractivity contribution in [3.05, 3.63) is 28.2 Å². The van der Waals surface area contributed by atoms with Crippen LogP contribution in [0.2, 0.25) is 0 Å². The maximum Gasteiger partial charge on any atom is 0.410 e. The number of amides is 1. The molecular weight excluding hydrogens is 450 g/mol. The van der Waals surface area contributed by atoms with E-state index in [0.29, 0.717) is 36.7 Å². The summed E-state index contributed by atoms with van der Waals surface area (Å²) in [5, 5.41) is 4.50. The molecule has 33 heavy (non-hydrogen) atoms. The molecule has 2 atom stereocenters. The second-order valence-corrected chi connectivity index (χ2v) is 11.1. The molecule has 184 valence electrons. The molecule has 0 saturated carbocycles. The number of hydrogen-bond donors (Lipinski definition) is 0. The number of fused-ring (bicyclic) bond motifs is 1. The van der Waals surface area contributed by atoms with Gasteiger partial charge in [-0.2, -0.15) is 13.5 Å². The summed E-state index contributed by atoms with van der Waals surface area (Å²) in [6.45, 7) is 10.2. The zero-order valence-corrected chi connectivity index (χ0v) is 21.0. The lowest BCUT2D eigenvalue weighted by Crippen LogP contribution is -2.60. The summed E-state index contributed by atoms with van der Waals surface area (Å²) in [4.78, 5) is 29.3. The van der Waals surface area contributed by atoms with Gasteiger partial charge >= 0.3 is 6.09 Å². The van der Waals surface area contributed by atoms with E-state index >= 15 is 0 Å². The maximum absolute atomic E-state index is 12.8. The van der Waals surface area contributed by atoms with E-state index in [1.54, 1.807) is 22.5 Å². The molecule has 0 aromatic carbocycles. The Bertz CT molecular complexity index is 1200. The fourth-order valence-electron chi connectivity index (χ4n) is 3.90. The van der Waals surface area contributed by atoms with E-state index in [-0.39, 0.29) is 30.3 Å². The molecule has 0 bridgehead atoms. The molecule has 1 aliphatic rings. The zero-order chi connectivity index (χ0) is 24.7. The topological polar surface area (TPSA) is 115 Å². The molecule has 1 aliphatic heterocycles. The van der Waals surface area contributed by atoms with Crippen LogP contribution in [0.5, 0.6) is 0 Å². The molecule has 1 fully saturated rings. The minimum Gasteiger partial charge on any atom is -0.444 e. The molecule has 1 amide bonds. The van der Waals surface area contributed by atoms with Gasteiger partial charge in [-0.15, -0.1) is 0 Å². The van der Waals surface area contributed by atoms with Crippen molar-refractivity contribution in [2.45, 2.75) is 65.3 Å². The zero-order valence-electron chi connectivity index (χ0n) is 20.2. The van der Waals surface area contributed by atoms with Crippen LogP contribution >= 0.6 is 0 Å². The highest BCUT2D eigenvalue weighted by Crippen LogP contribution is 2.26. The predicted molar refractivity (Wildman–Crippen MR) is 124 cm³/mol. The van der Waals surface area contributed by atoms with Gasteiger partial charge in [0.25, 0.3) is 15.7 Å². The third-order valence-electron chi connectivity index (χ3n) is 5.54. The first-order valence-electron chi connectivity index (χ1n) is 10.9. The third kappa shape index (κ3) is 5.67. The van der Waals surface area contributed by atoms with Gasteiger partial charge in [-0.1, -0.05) is 6.92 Å². The van der Waals surface area contributed by atoms with Gasteiger partial charge in [0, 0.05) is 38.3 Å². The van der Waals surface area contributed by atoms with Gasteiger partial charge in [0.2, 0.25) is 0 Å². The Morgan fingerprint density at radius 3 is 2.48 bits per heavy atom. The first kappa shape index (κ1) is 25.0. The summed E-state index contributed by atoms with van der Waals surface area (Å²) in [6, 6.07) is 2.91. The lowest BCUT2D eigenvalue weighted by atomic mass is 10.1. The molecule has 0 N–H and O–H groups in total. The number of carbonyl (C=O) groups is 1. The SMILES string of the molecule is CC[C@@H]1CN(c2cc(=O)n(C)c3cc(COS(C)(=O)=O)nn23)[C@@H](C)CN1C(=O)OC(C)(C)C. The van der Waals surface area contributed by atoms with E-state index in [2.05, 4.69) is 10.00 Å². The Balaban J connectivity index is 1.97. The largest absolute Gasteiger partial charge is 0.444 e. The predicted octanol–water partition coefficient (Wildman–Crippen LogP) is 1.73. The highest BCUT2D eigenvalue weighted by atomic mass is 32.2. The molecule has 0 radical (unpaired) electrons. The van der Waals surface area contributed by atoms with E-state index in [1.807, 2.05) is 34.6 Å². The van der Waals surface area contributed by atoms with Crippen LogP contribution in [0.4, 0.5) is 10.6 Å². The van der Waals surface area contributed by atoms with E-state index < -0.39 is 15.7 Å². The van der Waals surface area contributed by atoms with Gasteiger partial charge < -0.3 is 14.5 Å². The van der Waals surface area contributed by atoms with Crippen LogP contribution in [0.15, 0.2) is 16.9 Å². The van der Waals surface area contributed by atoms with Gasteiger partial charge in [0.1, 0.15) is 23.7 Å². The van der Waals surface area contributed by atoms with Crippen molar-refractivity contribution in [3.8, 4) is 0 Å². The second-order valence-electron chi connectivity index (χ2n) is 9.47. The Kier molecular flexibility index (Phi) is 6.81. The van der Waals surface area contributed by atoms with Crippen molar-refractivity contribution in [2.24, 2.45) is 7.05 Å². The summed E-state index contributed by atoms with van der Waals surface area (Å²) < 4.78 is 36.3. The summed E-state index contributed by atoms with van der Waals surface area (Å²) in [5.41, 5.74) is 0.0877. The number of nitrogens with zero attached hydrogens (tertiary/aromatic N) is 5. The Morgan fingerprint density at radius 1 is 1.24 bits per heavy atom. The molecule has 3 heterocycles. The smallest absolute Gasteiger partial charge is 0.410 e. The van der Waals surface area contributed by atoms with Crippen LogP contribution in [-0.2, 0) is 32.7 Å². The van der Waals surface area contributed by atoms with Gasteiger partial charge in [0.05, 0.1) is 18.0 Å². The molecule has 0 unspecified atom stereocenters. The lowest BCUT2D eigenvalue weighted by molar-refractivity contribution is 0.0105. The van der Waals surface area contributed by atoms with Gasteiger partial charge in [0.15, 0.2) is 0 Å². The Morgan fingerprint density at radius 2 is 1.91 bits per heavy atom. The standard InChI is InChI=1S/C21H33N5O6S/c1-8-16-12-24(14(2)11-25(16)20(28)32-21(3,4)5)18-10-19(27)23(6)17-9-15(22-26(17)18)13-31-33(7,29)30/h9-10,14,16H,8,11-13H2,1-7H3/t14-,16+/m0/s1. The summed E-state index contributed by atoms with van der Waals surface area (Å²) in [7, 11) is -2.01. The highest BCUT2D eigenvalue weighted by molar-refractivity contribution is 7.85. The van der Waals surface area contributed by atoms with Crippen molar-refractivity contribution in [1.29, 1.82) is 0 Å². The van der Waals surface area contributed by atoms with Crippen LogP contribution in [0.25, 0.3) is 5.65 Å². The van der Waals surface area contributed by atoms with Crippen molar-refractivity contribution in [2.75, 3.05) is 24.2 Å². The molecule has 11 nitrogen and oxygen atoms in total. The average molecular weight is 484 g/mol. The molecule has 0 spiro atoms. The van der Waals surface area contributed by atoms with E-state index in [4.69, 9.17) is 8.92 Å². The fourth-order valence-corrected chi connectivity index (χ4v) is 4.24. The van der Waals surface area contributed by atoms with Gasteiger partial charge in [-0.25, -0.2) is 9.31 Å².